The summed E-state index contributed by atoms with van der Waals surface area (Å²) >= 11 is 2.32. The van der Waals surface area contributed by atoms with Crippen molar-refractivity contribution in [3.8, 4) is 11.4 Å². The molecular weight excluding hydrogens is 365 g/mol. The molecule has 2 aromatic heterocycles. The van der Waals surface area contributed by atoms with Crippen LogP contribution in [0.25, 0.3) is 11.4 Å². The van der Waals surface area contributed by atoms with Crippen LogP contribution in [0.5, 0.6) is 0 Å². The van der Waals surface area contributed by atoms with E-state index in [1.807, 2.05) is 24.9 Å². The van der Waals surface area contributed by atoms with E-state index >= 15 is 0 Å². The highest BCUT2D eigenvalue weighted by Crippen LogP contribution is 2.26. The largest absolute Gasteiger partial charge is 0.369 e. The van der Waals surface area contributed by atoms with Crippen molar-refractivity contribution in [1.29, 1.82) is 0 Å². The maximum absolute atomic E-state index is 4.69. The van der Waals surface area contributed by atoms with Crippen LogP contribution in [0.4, 0.5) is 5.82 Å². The summed E-state index contributed by atoms with van der Waals surface area (Å²) in [6, 6.07) is 0. The van der Waals surface area contributed by atoms with E-state index in [4.69, 9.17) is 4.98 Å². The number of nitrogens with one attached hydrogen (secondary N) is 1. The monoisotopic (exact) mass is 385 g/mol. The molecule has 5 nitrogen and oxygen atoms in total. The Kier molecular flexibility index (Phi) is 4.95. The van der Waals surface area contributed by atoms with E-state index in [-0.39, 0.29) is 0 Å². The topological polar surface area (TPSA) is 55.6 Å². The fourth-order valence-electron chi connectivity index (χ4n) is 1.93. The second-order valence-corrected chi connectivity index (χ2v) is 5.78. The Hall–Kier alpha value is -1.18. The van der Waals surface area contributed by atoms with Crippen molar-refractivity contribution in [2.45, 2.75) is 33.6 Å². The van der Waals surface area contributed by atoms with Gasteiger partial charge in [0.15, 0.2) is 5.82 Å². The lowest BCUT2D eigenvalue weighted by Crippen LogP contribution is -2.09. The van der Waals surface area contributed by atoms with Crippen molar-refractivity contribution in [1.82, 2.24) is 19.7 Å². The van der Waals surface area contributed by atoms with Gasteiger partial charge in [-0.3, -0.25) is 4.68 Å². The Morgan fingerprint density at radius 3 is 2.60 bits per heavy atom. The van der Waals surface area contributed by atoms with Crippen LogP contribution < -0.4 is 5.32 Å². The van der Waals surface area contributed by atoms with Crippen molar-refractivity contribution >= 4 is 28.4 Å². The first-order chi connectivity index (χ1) is 9.58. The molecule has 1 N–H and O–H groups in total. The second-order valence-electron chi connectivity index (χ2n) is 4.70. The first-order valence-electron chi connectivity index (χ1n) is 6.87. The summed E-state index contributed by atoms with van der Waals surface area (Å²) in [7, 11) is 1.93. The second kappa shape index (κ2) is 6.51. The van der Waals surface area contributed by atoms with E-state index in [0.717, 1.165) is 51.6 Å². The molecule has 0 amide bonds. The van der Waals surface area contributed by atoms with Gasteiger partial charge in [-0.2, -0.15) is 5.10 Å². The summed E-state index contributed by atoms with van der Waals surface area (Å²) in [5.74, 6) is 1.68. The molecule has 0 atom stereocenters. The molecule has 0 saturated carbocycles. The quantitative estimate of drug-likeness (QED) is 0.804. The fraction of sp³-hybridized carbons (Fsp3) is 0.500. The number of rotatable bonds is 5. The van der Waals surface area contributed by atoms with E-state index < -0.39 is 0 Å². The molecule has 2 aromatic rings. The van der Waals surface area contributed by atoms with Crippen LogP contribution >= 0.6 is 22.6 Å². The maximum atomic E-state index is 4.69. The smallest absolute Gasteiger partial charge is 0.165 e. The van der Waals surface area contributed by atoms with Gasteiger partial charge < -0.3 is 5.32 Å². The average Bonchev–Trinajstić information content (AvgIpc) is 2.78. The Bertz CT molecular complexity index is 606. The predicted octanol–water partition coefficient (Wildman–Crippen LogP) is 3.17. The Labute approximate surface area is 133 Å². The highest BCUT2D eigenvalue weighted by Gasteiger charge is 2.15. The van der Waals surface area contributed by atoms with Crippen molar-refractivity contribution in [2.24, 2.45) is 7.05 Å². The molecule has 2 heterocycles. The molecule has 0 saturated heterocycles. The van der Waals surface area contributed by atoms with Gasteiger partial charge in [-0.1, -0.05) is 13.8 Å². The molecule has 0 radical (unpaired) electrons. The van der Waals surface area contributed by atoms with Gasteiger partial charge in [0, 0.05) is 19.3 Å². The summed E-state index contributed by atoms with van der Waals surface area (Å²) in [6.07, 6.45) is 3.80. The van der Waals surface area contributed by atoms with Crippen LogP contribution in [0.1, 0.15) is 31.7 Å². The third kappa shape index (κ3) is 2.94. The minimum absolute atomic E-state index is 0.756. The molecule has 6 heteroatoms. The normalized spacial score (nSPS) is 10.8. The van der Waals surface area contributed by atoms with Gasteiger partial charge in [0.2, 0.25) is 0 Å². The van der Waals surface area contributed by atoms with Crippen molar-refractivity contribution in [3.63, 3.8) is 0 Å². The van der Waals surface area contributed by atoms with E-state index in [1.165, 1.54) is 0 Å². The molecule has 0 bridgehead atoms. The zero-order chi connectivity index (χ0) is 14.7. The minimum atomic E-state index is 0.756. The first kappa shape index (κ1) is 15.2. The number of hydrogen-bond donors (Lipinski definition) is 1. The van der Waals surface area contributed by atoms with E-state index in [0.29, 0.717) is 0 Å². The number of halogens is 1. The van der Waals surface area contributed by atoms with Gasteiger partial charge in [0.25, 0.3) is 0 Å². The van der Waals surface area contributed by atoms with Gasteiger partial charge in [0.05, 0.1) is 21.0 Å². The maximum Gasteiger partial charge on any atom is 0.165 e. The Morgan fingerprint density at radius 1 is 1.30 bits per heavy atom. The van der Waals surface area contributed by atoms with Crippen LogP contribution in [-0.2, 0) is 13.5 Å². The fourth-order valence-corrected chi connectivity index (χ4v) is 2.74. The van der Waals surface area contributed by atoms with E-state index in [1.54, 1.807) is 0 Å². The highest BCUT2D eigenvalue weighted by molar-refractivity contribution is 14.1. The first-order valence-corrected chi connectivity index (χ1v) is 7.95. The zero-order valence-electron chi connectivity index (χ0n) is 12.4. The van der Waals surface area contributed by atoms with Crippen LogP contribution in [0.2, 0.25) is 0 Å². The summed E-state index contributed by atoms with van der Waals surface area (Å²) in [6.45, 7) is 7.22. The molecule has 2 rings (SSSR count). The van der Waals surface area contributed by atoms with Gasteiger partial charge in [-0.15, -0.1) is 0 Å². The minimum Gasteiger partial charge on any atom is -0.369 e. The average molecular weight is 385 g/mol. The molecule has 108 valence electrons. The Balaban J connectivity index is 2.50. The summed E-state index contributed by atoms with van der Waals surface area (Å²) in [5, 5.41) is 7.66. The van der Waals surface area contributed by atoms with Crippen molar-refractivity contribution < 1.29 is 0 Å². The van der Waals surface area contributed by atoms with Crippen LogP contribution in [-0.4, -0.2) is 26.3 Å². The van der Waals surface area contributed by atoms with Gasteiger partial charge >= 0.3 is 0 Å². The lowest BCUT2D eigenvalue weighted by atomic mass is 10.2. The number of hydrogen-bond acceptors (Lipinski definition) is 4. The number of nitrogens with zero attached hydrogens (tertiary/aromatic N) is 4. The SMILES string of the molecule is CCCNc1nc(-c2cnn(C)c2C)nc(CC)c1I. The lowest BCUT2D eigenvalue weighted by Gasteiger charge is -2.11. The van der Waals surface area contributed by atoms with Crippen LogP contribution in [0.3, 0.4) is 0 Å². The van der Waals surface area contributed by atoms with Gasteiger partial charge in [0.1, 0.15) is 5.82 Å². The zero-order valence-corrected chi connectivity index (χ0v) is 14.5. The van der Waals surface area contributed by atoms with Crippen molar-refractivity contribution in [2.75, 3.05) is 11.9 Å². The molecule has 0 aliphatic rings. The Morgan fingerprint density at radius 2 is 2.05 bits per heavy atom. The predicted molar refractivity (Wildman–Crippen MR) is 89.8 cm³/mol. The third-order valence-corrected chi connectivity index (χ3v) is 4.41. The molecule has 0 spiro atoms. The van der Waals surface area contributed by atoms with Gasteiger partial charge in [-0.05, 0) is 42.4 Å². The van der Waals surface area contributed by atoms with E-state index in [9.17, 15) is 0 Å². The van der Waals surface area contributed by atoms with Gasteiger partial charge in [-0.25, -0.2) is 9.97 Å². The molecular formula is C14H20IN5. The highest BCUT2D eigenvalue weighted by atomic mass is 127. The third-order valence-electron chi connectivity index (χ3n) is 3.27. The van der Waals surface area contributed by atoms with Crippen LogP contribution in [0.15, 0.2) is 6.20 Å². The number of aryl methyl sites for hydroxylation is 2. The molecule has 0 aromatic carbocycles. The number of aromatic nitrogens is 4. The van der Waals surface area contributed by atoms with Crippen molar-refractivity contribution in [3.05, 3.63) is 21.2 Å². The lowest BCUT2D eigenvalue weighted by molar-refractivity contribution is 0.740. The number of anilines is 1. The standard InChI is InChI=1S/C14H20IN5/c1-5-7-16-14-12(15)11(6-2)18-13(19-14)10-8-17-20(4)9(10)3/h8H,5-7H2,1-4H3,(H,16,18,19). The van der Waals surface area contributed by atoms with Crippen LogP contribution in [0, 0.1) is 10.5 Å². The summed E-state index contributed by atoms with van der Waals surface area (Å²) < 4.78 is 2.96. The molecule has 0 fully saturated rings. The summed E-state index contributed by atoms with van der Waals surface area (Å²) in [4.78, 5) is 9.37. The molecule has 0 aliphatic carbocycles. The summed E-state index contributed by atoms with van der Waals surface area (Å²) in [5.41, 5.74) is 3.16. The van der Waals surface area contributed by atoms with E-state index in [2.05, 4.69) is 51.8 Å². The molecule has 0 unspecified atom stereocenters. The molecule has 20 heavy (non-hydrogen) atoms. The molecule has 0 aliphatic heterocycles.